The van der Waals surface area contributed by atoms with Crippen molar-refractivity contribution in [2.45, 2.75) is 51.7 Å². The second kappa shape index (κ2) is 4.64. The number of aryl methyl sites for hydroxylation is 2. The summed E-state index contributed by atoms with van der Waals surface area (Å²) < 4.78 is 0. The van der Waals surface area contributed by atoms with Gasteiger partial charge in [0.1, 0.15) is 5.82 Å². The zero-order valence-corrected chi connectivity index (χ0v) is 12.8. The number of aromatic nitrogens is 2. The van der Waals surface area contributed by atoms with E-state index >= 15 is 0 Å². The summed E-state index contributed by atoms with van der Waals surface area (Å²) in [5, 5.41) is 2.21. The molecule has 0 aliphatic carbocycles. The summed E-state index contributed by atoms with van der Waals surface area (Å²) in [6, 6.07) is 3.43. The number of hydrogen-bond acceptors (Lipinski definition) is 4. The van der Waals surface area contributed by atoms with E-state index in [1.165, 1.54) is 34.5 Å². The standard InChI is InChI=1S/C16H19N3S/c1-10-5-6-20-16(10)9-19-12-3-4-15(19)13-8-17-11(2)18-14(13)7-12/h5-6,8,12,15H,3-4,7,9H2,1-2H3/t12-,15+/m0/s1. The predicted octanol–water partition coefficient (Wildman–Crippen LogP) is 3.42. The van der Waals surface area contributed by atoms with E-state index in [9.17, 15) is 0 Å². The molecule has 0 N–H and O–H groups in total. The summed E-state index contributed by atoms with van der Waals surface area (Å²) in [4.78, 5) is 13.3. The maximum absolute atomic E-state index is 4.67. The molecule has 0 saturated carbocycles. The van der Waals surface area contributed by atoms with Crippen molar-refractivity contribution in [2.75, 3.05) is 0 Å². The summed E-state index contributed by atoms with van der Waals surface area (Å²) in [6.07, 6.45) is 5.72. The molecule has 1 saturated heterocycles. The zero-order valence-electron chi connectivity index (χ0n) is 12.0. The van der Waals surface area contributed by atoms with Crippen LogP contribution in [0, 0.1) is 13.8 Å². The second-order valence-electron chi connectivity index (χ2n) is 5.97. The predicted molar refractivity (Wildman–Crippen MR) is 80.8 cm³/mol. The first-order valence-corrected chi connectivity index (χ1v) is 8.21. The summed E-state index contributed by atoms with van der Waals surface area (Å²) in [5.41, 5.74) is 4.10. The van der Waals surface area contributed by atoms with Gasteiger partial charge in [-0.3, -0.25) is 4.90 Å². The molecule has 2 atom stereocenters. The first-order valence-electron chi connectivity index (χ1n) is 7.33. The third-order valence-corrected chi connectivity index (χ3v) is 5.75. The van der Waals surface area contributed by atoms with Gasteiger partial charge >= 0.3 is 0 Å². The van der Waals surface area contributed by atoms with Crippen molar-refractivity contribution in [3.63, 3.8) is 0 Å². The van der Waals surface area contributed by atoms with Gasteiger partial charge in [0.25, 0.3) is 0 Å². The fourth-order valence-corrected chi connectivity index (χ4v) is 4.57. The Hall–Kier alpha value is -1.26. The molecule has 4 heterocycles. The first kappa shape index (κ1) is 12.5. The Morgan fingerprint density at radius 3 is 3.05 bits per heavy atom. The third kappa shape index (κ3) is 1.90. The van der Waals surface area contributed by atoms with Crippen LogP contribution in [-0.4, -0.2) is 20.9 Å². The molecule has 20 heavy (non-hydrogen) atoms. The van der Waals surface area contributed by atoms with Crippen LogP contribution >= 0.6 is 11.3 Å². The lowest BCUT2D eigenvalue weighted by molar-refractivity contribution is 0.167. The Morgan fingerprint density at radius 1 is 1.35 bits per heavy atom. The maximum atomic E-state index is 4.67. The molecular weight excluding hydrogens is 266 g/mol. The number of nitrogens with zero attached hydrogens (tertiary/aromatic N) is 3. The molecule has 4 rings (SSSR count). The summed E-state index contributed by atoms with van der Waals surface area (Å²) in [5.74, 6) is 0.908. The van der Waals surface area contributed by atoms with Crippen molar-refractivity contribution in [3.05, 3.63) is 45.2 Å². The molecule has 2 bridgehead atoms. The molecule has 4 heteroatoms. The van der Waals surface area contributed by atoms with Gasteiger partial charge in [-0.15, -0.1) is 11.3 Å². The topological polar surface area (TPSA) is 29.0 Å². The Bertz CT molecular complexity index is 649. The molecule has 2 aliphatic heterocycles. The van der Waals surface area contributed by atoms with Crippen molar-refractivity contribution in [1.82, 2.24) is 14.9 Å². The molecule has 0 radical (unpaired) electrons. The average Bonchev–Trinajstić information content (AvgIpc) is 2.94. The van der Waals surface area contributed by atoms with Crippen molar-refractivity contribution >= 4 is 11.3 Å². The van der Waals surface area contributed by atoms with E-state index in [-0.39, 0.29) is 0 Å². The van der Waals surface area contributed by atoms with Crippen LogP contribution in [-0.2, 0) is 13.0 Å². The van der Waals surface area contributed by atoms with Gasteiger partial charge in [-0.2, -0.15) is 0 Å². The zero-order chi connectivity index (χ0) is 13.7. The van der Waals surface area contributed by atoms with E-state index in [1.54, 1.807) is 0 Å². The molecule has 2 aromatic rings. The highest BCUT2D eigenvalue weighted by molar-refractivity contribution is 7.10. The van der Waals surface area contributed by atoms with Crippen LogP contribution in [0.5, 0.6) is 0 Å². The van der Waals surface area contributed by atoms with Crippen molar-refractivity contribution in [1.29, 1.82) is 0 Å². The molecule has 2 aliphatic rings. The summed E-state index contributed by atoms with van der Waals surface area (Å²) >= 11 is 1.89. The fraction of sp³-hybridized carbons (Fsp3) is 0.500. The van der Waals surface area contributed by atoms with Gasteiger partial charge in [0.2, 0.25) is 0 Å². The SMILES string of the molecule is Cc1ncc2c(n1)C[C@@H]1CC[C@H]2N1Cc1sccc1C. The van der Waals surface area contributed by atoms with Crippen LogP contribution in [0.15, 0.2) is 17.6 Å². The Kier molecular flexibility index (Phi) is 2.89. The van der Waals surface area contributed by atoms with Crippen molar-refractivity contribution in [3.8, 4) is 0 Å². The molecule has 0 unspecified atom stereocenters. The Balaban J connectivity index is 1.67. The minimum absolute atomic E-state index is 0.533. The van der Waals surface area contributed by atoms with Crippen LogP contribution in [0.25, 0.3) is 0 Å². The van der Waals surface area contributed by atoms with Crippen molar-refractivity contribution < 1.29 is 0 Å². The number of rotatable bonds is 2. The van der Waals surface area contributed by atoms with E-state index in [4.69, 9.17) is 0 Å². The maximum Gasteiger partial charge on any atom is 0.125 e. The first-order chi connectivity index (χ1) is 9.72. The molecule has 0 aromatic carbocycles. The van der Waals surface area contributed by atoms with Gasteiger partial charge in [-0.1, -0.05) is 0 Å². The minimum Gasteiger partial charge on any atom is -0.288 e. The lowest BCUT2D eigenvalue weighted by Gasteiger charge is -2.35. The average molecular weight is 285 g/mol. The quantitative estimate of drug-likeness (QED) is 0.846. The van der Waals surface area contributed by atoms with Crippen LogP contribution in [0.1, 0.15) is 46.4 Å². The Morgan fingerprint density at radius 2 is 2.25 bits per heavy atom. The lowest BCUT2D eigenvalue weighted by Crippen LogP contribution is -2.37. The summed E-state index contributed by atoms with van der Waals surface area (Å²) in [6.45, 7) is 5.30. The highest BCUT2D eigenvalue weighted by Gasteiger charge is 2.40. The number of hydrogen-bond donors (Lipinski definition) is 0. The van der Waals surface area contributed by atoms with Crippen LogP contribution in [0.2, 0.25) is 0 Å². The summed E-state index contributed by atoms with van der Waals surface area (Å²) in [7, 11) is 0. The van der Waals surface area contributed by atoms with Gasteiger partial charge in [0.15, 0.2) is 0 Å². The van der Waals surface area contributed by atoms with Gasteiger partial charge in [0.05, 0.1) is 5.69 Å². The number of thiophene rings is 1. The Labute approximate surface area is 123 Å². The van der Waals surface area contributed by atoms with Crippen LogP contribution < -0.4 is 0 Å². The van der Waals surface area contributed by atoms with E-state index in [0.29, 0.717) is 12.1 Å². The molecule has 0 amide bonds. The number of fused-ring (bicyclic) bond motifs is 4. The smallest absolute Gasteiger partial charge is 0.125 e. The largest absolute Gasteiger partial charge is 0.288 e. The molecule has 0 spiro atoms. The highest BCUT2D eigenvalue weighted by atomic mass is 32.1. The third-order valence-electron chi connectivity index (χ3n) is 4.75. The lowest BCUT2D eigenvalue weighted by atomic mass is 9.99. The van der Waals surface area contributed by atoms with E-state index in [1.807, 2.05) is 18.3 Å². The molecule has 3 nitrogen and oxygen atoms in total. The minimum atomic E-state index is 0.533. The van der Waals surface area contributed by atoms with Crippen molar-refractivity contribution in [2.24, 2.45) is 0 Å². The van der Waals surface area contributed by atoms with Gasteiger partial charge in [-0.25, -0.2) is 9.97 Å². The molecule has 1 fully saturated rings. The van der Waals surface area contributed by atoms with E-state index in [0.717, 1.165) is 18.8 Å². The van der Waals surface area contributed by atoms with Gasteiger partial charge < -0.3 is 0 Å². The molecule has 104 valence electrons. The highest BCUT2D eigenvalue weighted by Crippen LogP contribution is 2.44. The normalized spacial score (nSPS) is 24.9. The van der Waals surface area contributed by atoms with Gasteiger partial charge in [0, 0.05) is 41.7 Å². The second-order valence-corrected chi connectivity index (χ2v) is 6.97. The monoisotopic (exact) mass is 285 g/mol. The molecular formula is C16H19N3S. The van der Waals surface area contributed by atoms with Crippen LogP contribution in [0.3, 0.4) is 0 Å². The van der Waals surface area contributed by atoms with E-state index < -0.39 is 0 Å². The molecule has 2 aromatic heterocycles. The fourth-order valence-electron chi connectivity index (χ4n) is 3.65. The van der Waals surface area contributed by atoms with E-state index in [2.05, 4.69) is 39.4 Å². The van der Waals surface area contributed by atoms with Gasteiger partial charge in [-0.05, 0) is 43.7 Å². The van der Waals surface area contributed by atoms with Crippen LogP contribution in [0.4, 0.5) is 0 Å².